The van der Waals surface area contributed by atoms with Crippen LogP contribution in [0.4, 0.5) is 5.69 Å². The van der Waals surface area contributed by atoms with Gasteiger partial charge in [0, 0.05) is 54.1 Å². The third-order valence-electron chi connectivity index (χ3n) is 7.17. The normalized spacial score (nSPS) is 15.1. The van der Waals surface area contributed by atoms with E-state index in [0.717, 1.165) is 50.4 Å². The third kappa shape index (κ3) is 7.38. The Balaban J connectivity index is 1.40. The summed E-state index contributed by atoms with van der Waals surface area (Å²) in [6, 6.07) is 19.8. The first-order chi connectivity index (χ1) is 18.9. The molecule has 0 aromatic heterocycles. The molecular weight excluding hydrogens is 512 g/mol. The maximum atomic E-state index is 13.1. The minimum Gasteiger partial charge on any atom is -0.490 e. The molecule has 4 N–H and O–H groups in total. The van der Waals surface area contributed by atoms with E-state index in [9.17, 15) is 4.79 Å². The topological polar surface area (TPSA) is 101 Å². The Morgan fingerprint density at radius 2 is 1.79 bits per heavy atom. The van der Waals surface area contributed by atoms with Crippen molar-refractivity contribution in [2.24, 2.45) is 0 Å². The molecule has 1 aliphatic heterocycles. The van der Waals surface area contributed by atoms with Gasteiger partial charge in [-0.05, 0) is 73.4 Å². The third-order valence-corrected chi connectivity index (χ3v) is 7.52. The maximum Gasteiger partial charge on any atom is 0.251 e. The van der Waals surface area contributed by atoms with Gasteiger partial charge in [-0.2, -0.15) is 0 Å². The molecule has 1 aliphatic rings. The SMILES string of the molecule is CCC(NC(=O)c1ccc(N)c(C(=N)c2ccc(OC3CCN(CCOC)CC3)cc2)c1)c1ccccc1Cl. The van der Waals surface area contributed by atoms with Crippen molar-refractivity contribution in [1.82, 2.24) is 10.2 Å². The highest BCUT2D eigenvalue weighted by atomic mass is 35.5. The van der Waals surface area contributed by atoms with Crippen molar-refractivity contribution >= 4 is 28.9 Å². The van der Waals surface area contributed by atoms with Crippen molar-refractivity contribution in [2.75, 3.05) is 39.1 Å². The van der Waals surface area contributed by atoms with Gasteiger partial charge in [0.1, 0.15) is 11.9 Å². The van der Waals surface area contributed by atoms with Gasteiger partial charge in [-0.25, -0.2) is 0 Å². The summed E-state index contributed by atoms with van der Waals surface area (Å²) >= 11 is 6.36. The first-order valence-corrected chi connectivity index (χ1v) is 13.8. The first kappa shape index (κ1) is 28.6. The molecule has 39 heavy (non-hydrogen) atoms. The van der Waals surface area contributed by atoms with Gasteiger partial charge in [0.25, 0.3) is 5.91 Å². The Morgan fingerprint density at radius 3 is 2.46 bits per heavy atom. The lowest BCUT2D eigenvalue weighted by Crippen LogP contribution is -2.39. The van der Waals surface area contributed by atoms with E-state index in [0.29, 0.717) is 33.8 Å². The number of nitrogens with one attached hydrogen (secondary N) is 2. The fourth-order valence-corrected chi connectivity index (χ4v) is 5.10. The molecule has 0 aliphatic carbocycles. The van der Waals surface area contributed by atoms with Crippen LogP contribution in [-0.4, -0.2) is 56.0 Å². The van der Waals surface area contributed by atoms with E-state index in [4.69, 9.17) is 32.2 Å². The van der Waals surface area contributed by atoms with Gasteiger partial charge in [0.05, 0.1) is 18.4 Å². The molecule has 1 amide bonds. The van der Waals surface area contributed by atoms with E-state index in [1.165, 1.54) is 0 Å². The molecule has 1 saturated heterocycles. The summed E-state index contributed by atoms with van der Waals surface area (Å²) in [6.45, 7) is 5.69. The largest absolute Gasteiger partial charge is 0.490 e. The van der Waals surface area contributed by atoms with Gasteiger partial charge in [-0.15, -0.1) is 0 Å². The van der Waals surface area contributed by atoms with Crippen LogP contribution in [-0.2, 0) is 4.74 Å². The quantitative estimate of drug-likeness (QED) is 0.210. The number of nitrogens with two attached hydrogens (primary N) is 1. The molecule has 8 heteroatoms. The van der Waals surface area contributed by atoms with Gasteiger partial charge in [-0.3, -0.25) is 10.2 Å². The number of benzene rings is 3. The van der Waals surface area contributed by atoms with Crippen LogP contribution in [0.15, 0.2) is 66.7 Å². The van der Waals surface area contributed by atoms with E-state index in [2.05, 4.69) is 10.2 Å². The van der Waals surface area contributed by atoms with Gasteiger partial charge in [0.15, 0.2) is 0 Å². The van der Waals surface area contributed by atoms with Crippen LogP contribution in [0.5, 0.6) is 5.75 Å². The molecule has 0 spiro atoms. The monoisotopic (exact) mass is 548 g/mol. The van der Waals surface area contributed by atoms with E-state index in [-0.39, 0.29) is 23.8 Å². The highest BCUT2D eigenvalue weighted by molar-refractivity contribution is 6.31. The molecule has 1 unspecified atom stereocenters. The second-order valence-electron chi connectivity index (χ2n) is 9.81. The average Bonchev–Trinajstić information content (AvgIpc) is 2.96. The number of anilines is 1. The van der Waals surface area contributed by atoms with Gasteiger partial charge in [0.2, 0.25) is 0 Å². The van der Waals surface area contributed by atoms with Crippen molar-refractivity contribution in [3.05, 3.63) is 94.0 Å². The number of carbonyl (C=O) groups excluding carboxylic acids is 1. The molecule has 1 fully saturated rings. The summed E-state index contributed by atoms with van der Waals surface area (Å²) < 4.78 is 11.4. The number of amides is 1. The highest BCUT2D eigenvalue weighted by Crippen LogP contribution is 2.26. The van der Waals surface area contributed by atoms with Crippen molar-refractivity contribution in [3.63, 3.8) is 0 Å². The molecule has 0 bridgehead atoms. The Kier molecular flexibility index (Phi) is 9.98. The van der Waals surface area contributed by atoms with Gasteiger partial charge in [-0.1, -0.05) is 36.7 Å². The van der Waals surface area contributed by atoms with Crippen molar-refractivity contribution in [1.29, 1.82) is 5.41 Å². The number of hydrogen-bond acceptors (Lipinski definition) is 6. The van der Waals surface area contributed by atoms with Crippen molar-refractivity contribution in [2.45, 2.75) is 38.3 Å². The van der Waals surface area contributed by atoms with Crippen LogP contribution in [0, 0.1) is 5.41 Å². The van der Waals surface area contributed by atoms with Crippen molar-refractivity contribution in [3.8, 4) is 5.75 Å². The van der Waals surface area contributed by atoms with E-state index in [1.54, 1.807) is 25.3 Å². The van der Waals surface area contributed by atoms with Crippen LogP contribution in [0.25, 0.3) is 0 Å². The number of carbonyl (C=O) groups is 1. The molecule has 4 rings (SSSR count). The van der Waals surface area contributed by atoms with Gasteiger partial charge < -0.3 is 25.4 Å². The number of likely N-dealkylation sites (tertiary alicyclic amines) is 1. The number of rotatable bonds is 11. The predicted octanol–water partition coefficient (Wildman–Crippen LogP) is 5.71. The summed E-state index contributed by atoms with van der Waals surface area (Å²) in [4.78, 5) is 15.5. The molecule has 1 heterocycles. The van der Waals surface area contributed by atoms with Crippen LogP contribution < -0.4 is 15.8 Å². The van der Waals surface area contributed by atoms with Crippen LogP contribution in [0.2, 0.25) is 5.02 Å². The molecule has 206 valence electrons. The summed E-state index contributed by atoms with van der Waals surface area (Å²) in [5, 5.41) is 12.5. The molecule has 7 nitrogen and oxygen atoms in total. The molecule has 0 saturated carbocycles. The predicted molar refractivity (Wildman–Crippen MR) is 157 cm³/mol. The molecule has 0 radical (unpaired) electrons. The minimum atomic E-state index is -0.243. The zero-order valence-corrected chi connectivity index (χ0v) is 23.3. The van der Waals surface area contributed by atoms with Crippen LogP contribution in [0.1, 0.15) is 59.3 Å². The standard InChI is InChI=1S/C31H37ClN4O3/c1-3-29(25-6-4-5-7-27(25)32)35-31(37)22-10-13-28(33)26(20-22)30(34)21-8-11-23(12-9-21)39-24-14-16-36(17-15-24)18-19-38-2/h4-13,20,24,29,34H,3,14-19,33H2,1-2H3,(H,35,37). The number of hydrogen-bond donors (Lipinski definition) is 3. The molecule has 3 aromatic carbocycles. The Hall–Kier alpha value is -3.39. The Labute approximate surface area is 235 Å². The number of ether oxygens (including phenoxy) is 2. The van der Waals surface area contributed by atoms with E-state index in [1.807, 2.05) is 55.5 Å². The van der Waals surface area contributed by atoms with Crippen molar-refractivity contribution < 1.29 is 14.3 Å². The number of halogens is 1. The second-order valence-corrected chi connectivity index (χ2v) is 10.2. The fraction of sp³-hybridized carbons (Fsp3) is 0.355. The molecule has 3 aromatic rings. The smallest absolute Gasteiger partial charge is 0.251 e. The number of nitrogens with zero attached hydrogens (tertiary/aromatic N) is 1. The average molecular weight is 549 g/mol. The van der Waals surface area contributed by atoms with E-state index < -0.39 is 0 Å². The first-order valence-electron chi connectivity index (χ1n) is 13.4. The van der Waals surface area contributed by atoms with E-state index >= 15 is 0 Å². The maximum absolute atomic E-state index is 13.1. The minimum absolute atomic E-state index is 0.178. The summed E-state index contributed by atoms with van der Waals surface area (Å²) in [5.41, 5.74) is 9.44. The zero-order valence-electron chi connectivity index (χ0n) is 22.6. The summed E-state index contributed by atoms with van der Waals surface area (Å²) in [6.07, 6.45) is 2.82. The number of methoxy groups -OCH3 is 1. The molecular formula is C31H37ClN4O3. The Bertz CT molecular complexity index is 1270. The van der Waals surface area contributed by atoms with Crippen LogP contribution in [0.3, 0.4) is 0 Å². The lowest BCUT2D eigenvalue weighted by atomic mass is 9.98. The van der Waals surface area contributed by atoms with Gasteiger partial charge >= 0.3 is 0 Å². The summed E-state index contributed by atoms with van der Waals surface area (Å²) in [7, 11) is 1.73. The number of nitrogen functional groups attached to an aromatic ring is 1. The lowest BCUT2D eigenvalue weighted by molar-refractivity contribution is 0.0797. The van der Waals surface area contributed by atoms with Crippen LogP contribution >= 0.6 is 11.6 Å². The second kappa shape index (κ2) is 13.6. The lowest BCUT2D eigenvalue weighted by Gasteiger charge is -2.31. The number of piperidine rings is 1. The Morgan fingerprint density at radius 1 is 1.10 bits per heavy atom. The zero-order chi connectivity index (χ0) is 27.8. The fourth-order valence-electron chi connectivity index (χ4n) is 4.83. The highest BCUT2D eigenvalue weighted by Gasteiger charge is 2.21. The summed E-state index contributed by atoms with van der Waals surface area (Å²) in [5.74, 6) is 0.543. The molecule has 1 atom stereocenters.